The highest BCUT2D eigenvalue weighted by atomic mass is 32.1. The molecule has 1 aromatic carbocycles. The van der Waals surface area contributed by atoms with Crippen LogP contribution >= 0.6 is 11.3 Å². The van der Waals surface area contributed by atoms with E-state index in [1.807, 2.05) is 41.8 Å². The second-order valence-corrected chi connectivity index (χ2v) is 7.37. The van der Waals surface area contributed by atoms with Crippen molar-refractivity contribution in [2.45, 2.75) is 32.3 Å². The zero-order chi connectivity index (χ0) is 18.4. The maximum atomic E-state index is 12.2. The fourth-order valence-corrected chi connectivity index (χ4v) is 3.63. The Morgan fingerprint density at radius 2 is 2.12 bits per heavy atom. The Morgan fingerprint density at radius 1 is 1.31 bits per heavy atom. The van der Waals surface area contributed by atoms with E-state index in [0.29, 0.717) is 19.5 Å². The monoisotopic (exact) mass is 372 g/mol. The molecule has 0 saturated carbocycles. The number of hydrogen-bond acceptors (Lipinski definition) is 4. The van der Waals surface area contributed by atoms with Crippen molar-refractivity contribution in [3.8, 4) is 0 Å². The van der Waals surface area contributed by atoms with Crippen LogP contribution in [-0.4, -0.2) is 37.6 Å². The van der Waals surface area contributed by atoms with Gasteiger partial charge in [-0.2, -0.15) is 0 Å². The summed E-state index contributed by atoms with van der Waals surface area (Å²) in [6.07, 6.45) is 2.00. The number of benzene rings is 1. The quantitative estimate of drug-likeness (QED) is 0.813. The molecule has 1 aromatic heterocycles. The summed E-state index contributed by atoms with van der Waals surface area (Å²) in [4.78, 5) is 27.2. The van der Waals surface area contributed by atoms with Crippen LogP contribution in [0.5, 0.6) is 0 Å². The molecule has 1 atom stereocenters. The molecule has 1 saturated heterocycles. The fraction of sp³-hybridized carbons (Fsp3) is 0.400. The second kappa shape index (κ2) is 8.96. The Hall–Kier alpha value is -2.18. The largest absolute Gasteiger partial charge is 0.365 e. The molecule has 1 aliphatic heterocycles. The molecule has 2 aromatic rings. The van der Waals surface area contributed by atoms with Crippen molar-refractivity contribution in [2.24, 2.45) is 0 Å². The molecular formula is C20H24N2O3S. The van der Waals surface area contributed by atoms with Crippen LogP contribution < -0.4 is 10.2 Å². The highest BCUT2D eigenvalue weighted by molar-refractivity contribution is 7.09. The number of aryl methyl sites for hydroxylation is 2. The summed E-state index contributed by atoms with van der Waals surface area (Å²) in [5.41, 5.74) is 2.12. The third-order valence-corrected chi connectivity index (χ3v) is 5.43. The average Bonchev–Trinajstić information content (AvgIpc) is 3.19. The molecule has 1 fully saturated rings. The Labute approximate surface area is 158 Å². The Balaban J connectivity index is 1.49. The molecule has 0 bridgehead atoms. The number of morpholine rings is 1. The Bertz CT molecular complexity index is 728. The third-order valence-electron chi connectivity index (χ3n) is 4.49. The van der Waals surface area contributed by atoms with Crippen LogP contribution in [0.3, 0.4) is 0 Å². The summed E-state index contributed by atoms with van der Waals surface area (Å²) in [6, 6.07) is 12.1. The van der Waals surface area contributed by atoms with E-state index in [1.54, 1.807) is 16.2 Å². The summed E-state index contributed by atoms with van der Waals surface area (Å²) < 4.78 is 5.58. The first kappa shape index (κ1) is 18.6. The Kier molecular flexibility index (Phi) is 6.41. The van der Waals surface area contributed by atoms with E-state index < -0.39 is 0 Å². The minimum absolute atomic E-state index is 0.0118. The number of ether oxygens (including phenoxy) is 1. The highest BCUT2D eigenvalue weighted by Gasteiger charge is 2.27. The summed E-state index contributed by atoms with van der Waals surface area (Å²) in [7, 11) is 0. The second-order valence-electron chi connectivity index (χ2n) is 6.34. The molecule has 1 unspecified atom stereocenters. The van der Waals surface area contributed by atoms with Gasteiger partial charge in [0.2, 0.25) is 5.91 Å². The number of anilines is 1. The fourth-order valence-electron chi connectivity index (χ4n) is 2.92. The van der Waals surface area contributed by atoms with Gasteiger partial charge < -0.3 is 15.0 Å². The van der Waals surface area contributed by atoms with Crippen LogP contribution in [-0.2, 0) is 27.2 Å². The molecule has 5 nitrogen and oxygen atoms in total. The first-order chi connectivity index (χ1) is 12.7. The lowest BCUT2D eigenvalue weighted by Crippen LogP contribution is -2.50. The number of carbonyl (C=O) groups excluding carboxylic acids is 2. The van der Waals surface area contributed by atoms with Gasteiger partial charge in [-0.25, -0.2) is 0 Å². The van der Waals surface area contributed by atoms with Gasteiger partial charge in [-0.15, -0.1) is 11.3 Å². The number of thiophene rings is 1. The number of amides is 2. The normalized spacial score (nSPS) is 17.3. The maximum absolute atomic E-state index is 12.2. The van der Waals surface area contributed by atoms with Crippen molar-refractivity contribution in [3.05, 3.63) is 52.2 Å². The zero-order valence-electron chi connectivity index (χ0n) is 14.9. The SMILES string of the molecule is CCc1ccc(N2CC(CNC(=O)CCc3cccs3)OCC2=O)cc1. The molecule has 1 N–H and O–H groups in total. The molecule has 0 spiro atoms. The van der Waals surface area contributed by atoms with E-state index in [1.165, 1.54) is 10.4 Å². The molecular weight excluding hydrogens is 348 g/mol. The lowest BCUT2D eigenvalue weighted by atomic mass is 10.1. The maximum Gasteiger partial charge on any atom is 0.253 e. The number of nitrogens with zero attached hydrogens (tertiary/aromatic N) is 1. The van der Waals surface area contributed by atoms with Crippen LogP contribution in [0.1, 0.15) is 23.8 Å². The summed E-state index contributed by atoms with van der Waals surface area (Å²) >= 11 is 1.66. The molecule has 2 heterocycles. The van der Waals surface area contributed by atoms with Crippen molar-refractivity contribution >= 4 is 28.8 Å². The third kappa shape index (κ3) is 4.93. The van der Waals surface area contributed by atoms with E-state index in [2.05, 4.69) is 12.2 Å². The van der Waals surface area contributed by atoms with Crippen LogP contribution in [0.4, 0.5) is 5.69 Å². The Morgan fingerprint density at radius 3 is 2.81 bits per heavy atom. The summed E-state index contributed by atoms with van der Waals surface area (Å²) in [5, 5.41) is 4.94. The summed E-state index contributed by atoms with van der Waals surface area (Å²) in [5.74, 6) is -0.0349. The van der Waals surface area contributed by atoms with Gasteiger partial charge in [0.1, 0.15) is 6.61 Å². The molecule has 0 aliphatic carbocycles. The topological polar surface area (TPSA) is 58.6 Å². The van der Waals surface area contributed by atoms with E-state index in [0.717, 1.165) is 18.5 Å². The first-order valence-corrected chi connectivity index (χ1v) is 9.83. The number of hydrogen-bond donors (Lipinski definition) is 1. The molecule has 0 radical (unpaired) electrons. The predicted octanol–water partition coefficient (Wildman–Crippen LogP) is 2.79. The van der Waals surface area contributed by atoms with E-state index in [4.69, 9.17) is 4.74 Å². The molecule has 1 aliphatic rings. The average molecular weight is 372 g/mol. The lowest BCUT2D eigenvalue weighted by molar-refractivity contribution is -0.129. The van der Waals surface area contributed by atoms with E-state index in [-0.39, 0.29) is 24.5 Å². The van der Waals surface area contributed by atoms with Gasteiger partial charge >= 0.3 is 0 Å². The standard InChI is InChI=1S/C20H24N2O3S/c1-2-15-5-7-16(8-6-15)22-13-17(25-14-20(22)24)12-21-19(23)10-9-18-4-3-11-26-18/h3-8,11,17H,2,9-10,12-14H2,1H3,(H,21,23). The molecule has 3 rings (SSSR count). The molecule has 2 amide bonds. The number of carbonyl (C=O) groups is 2. The minimum Gasteiger partial charge on any atom is -0.365 e. The van der Waals surface area contributed by atoms with Gasteiger partial charge in [0.25, 0.3) is 5.91 Å². The van der Waals surface area contributed by atoms with Crippen molar-refractivity contribution in [2.75, 3.05) is 24.6 Å². The van der Waals surface area contributed by atoms with Gasteiger partial charge in [0.05, 0.1) is 12.6 Å². The van der Waals surface area contributed by atoms with E-state index in [9.17, 15) is 9.59 Å². The first-order valence-electron chi connectivity index (χ1n) is 8.95. The molecule has 6 heteroatoms. The van der Waals surface area contributed by atoms with Crippen LogP contribution in [0.2, 0.25) is 0 Å². The minimum atomic E-state index is -0.191. The predicted molar refractivity (Wildman–Crippen MR) is 104 cm³/mol. The van der Waals surface area contributed by atoms with Gasteiger partial charge in [0, 0.05) is 23.5 Å². The zero-order valence-corrected chi connectivity index (χ0v) is 15.8. The van der Waals surface area contributed by atoms with Gasteiger partial charge in [-0.1, -0.05) is 25.1 Å². The highest BCUT2D eigenvalue weighted by Crippen LogP contribution is 2.19. The van der Waals surface area contributed by atoms with Crippen LogP contribution in [0.15, 0.2) is 41.8 Å². The smallest absolute Gasteiger partial charge is 0.253 e. The number of rotatable bonds is 7. The van der Waals surface area contributed by atoms with Gasteiger partial charge in [-0.05, 0) is 42.0 Å². The van der Waals surface area contributed by atoms with Crippen LogP contribution in [0.25, 0.3) is 0 Å². The molecule has 138 valence electrons. The van der Waals surface area contributed by atoms with Crippen molar-refractivity contribution < 1.29 is 14.3 Å². The lowest BCUT2D eigenvalue weighted by Gasteiger charge is -2.33. The summed E-state index contributed by atoms with van der Waals surface area (Å²) in [6.45, 7) is 3.02. The van der Waals surface area contributed by atoms with Crippen molar-refractivity contribution in [1.82, 2.24) is 5.32 Å². The number of nitrogens with one attached hydrogen (secondary N) is 1. The van der Waals surface area contributed by atoms with Gasteiger partial charge in [0.15, 0.2) is 0 Å². The van der Waals surface area contributed by atoms with E-state index >= 15 is 0 Å². The van der Waals surface area contributed by atoms with Crippen molar-refractivity contribution in [3.63, 3.8) is 0 Å². The van der Waals surface area contributed by atoms with Gasteiger partial charge in [-0.3, -0.25) is 9.59 Å². The molecule has 26 heavy (non-hydrogen) atoms. The van der Waals surface area contributed by atoms with Crippen LogP contribution in [0, 0.1) is 0 Å². The van der Waals surface area contributed by atoms with Crippen molar-refractivity contribution in [1.29, 1.82) is 0 Å².